The fourth-order valence-corrected chi connectivity index (χ4v) is 3.48. The van der Waals surface area contributed by atoms with Crippen molar-refractivity contribution in [1.82, 2.24) is 0 Å². The predicted octanol–water partition coefficient (Wildman–Crippen LogP) is 4.00. The summed E-state index contributed by atoms with van der Waals surface area (Å²) in [5.74, 6) is -1.44. The number of hydrogen-bond donors (Lipinski definition) is 2. The van der Waals surface area contributed by atoms with Gasteiger partial charge in [-0.1, -0.05) is 6.07 Å². The Bertz CT molecular complexity index is 890. The van der Waals surface area contributed by atoms with Gasteiger partial charge in [-0.2, -0.15) is 0 Å². The first-order valence-electron chi connectivity index (χ1n) is 9.52. The standard InChI is InChI=1S/C22H23FN2O4/c1-29-22(28)16-9-11-18(12-10-16)24-20(26)14-5-7-15(8-6-14)21(27)25-19-4-2-3-17(23)13-19/h2-4,9-15H,5-8H2,1H3,(H,24,26)(H,25,27). The van der Waals surface area contributed by atoms with Crippen LogP contribution in [0.2, 0.25) is 0 Å². The SMILES string of the molecule is COC(=O)c1ccc(NC(=O)C2CCC(C(=O)Nc3cccc(F)c3)CC2)cc1. The summed E-state index contributed by atoms with van der Waals surface area (Å²) in [6, 6.07) is 12.3. The van der Waals surface area contributed by atoms with E-state index in [9.17, 15) is 18.8 Å². The van der Waals surface area contributed by atoms with Gasteiger partial charge >= 0.3 is 5.97 Å². The molecule has 3 rings (SSSR count). The number of anilines is 2. The topological polar surface area (TPSA) is 84.5 Å². The number of methoxy groups -OCH3 is 1. The average Bonchev–Trinajstić information content (AvgIpc) is 2.74. The van der Waals surface area contributed by atoms with E-state index in [2.05, 4.69) is 15.4 Å². The van der Waals surface area contributed by atoms with E-state index in [0.717, 1.165) is 0 Å². The van der Waals surface area contributed by atoms with Crippen molar-refractivity contribution in [2.45, 2.75) is 25.7 Å². The molecule has 0 saturated heterocycles. The summed E-state index contributed by atoms with van der Waals surface area (Å²) in [6.45, 7) is 0. The molecule has 2 aromatic carbocycles. The predicted molar refractivity (Wildman–Crippen MR) is 107 cm³/mol. The van der Waals surface area contributed by atoms with Gasteiger partial charge in [0.1, 0.15) is 5.82 Å². The lowest BCUT2D eigenvalue weighted by molar-refractivity contribution is -0.125. The first-order chi connectivity index (χ1) is 14.0. The maximum Gasteiger partial charge on any atom is 0.337 e. The third-order valence-electron chi connectivity index (χ3n) is 5.13. The number of carbonyl (C=O) groups excluding carboxylic acids is 3. The summed E-state index contributed by atoms with van der Waals surface area (Å²) in [5, 5.41) is 5.59. The second-order valence-corrected chi connectivity index (χ2v) is 7.11. The molecule has 152 valence electrons. The zero-order valence-corrected chi connectivity index (χ0v) is 16.1. The highest BCUT2D eigenvalue weighted by Crippen LogP contribution is 2.30. The van der Waals surface area contributed by atoms with Crippen molar-refractivity contribution in [3.63, 3.8) is 0 Å². The highest BCUT2D eigenvalue weighted by molar-refractivity contribution is 5.95. The molecule has 2 aromatic rings. The molecule has 0 heterocycles. The molecular weight excluding hydrogens is 375 g/mol. The van der Waals surface area contributed by atoms with Gasteiger partial charge in [-0.3, -0.25) is 9.59 Å². The van der Waals surface area contributed by atoms with E-state index in [1.165, 1.54) is 19.2 Å². The molecule has 0 aliphatic heterocycles. The van der Waals surface area contributed by atoms with Gasteiger partial charge in [0.15, 0.2) is 0 Å². The van der Waals surface area contributed by atoms with Gasteiger partial charge in [-0.15, -0.1) is 0 Å². The van der Waals surface area contributed by atoms with Crippen LogP contribution in [0.1, 0.15) is 36.0 Å². The molecule has 29 heavy (non-hydrogen) atoms. The number of benzene rings is 2. The van der Waals surface area contributed by atoms with Crippen LogP contribution in [-0.2, 0) is 14.3 Å². The summed E-state index contributed by atoms with van der Waals surface area (Å²) in [7, 11) is 1.31. The molecular formula is C22H23FN2O4. The monoisotopic (exact) mass is 398 g/mol. The maximum absolute atomic E-state index is 13.2. The van der Waals surface area contributed by atoms with Crippen LogP contribution in [0.5, 0.6) is 0 Å². The third kappa shape index (κ3) is 5.40. The van der Waals surface area contributed by atoms with Crippen LogP contribution in [0.25, 0.3) is 0 Å². The van der Waals surface area contributed by atoms with E-state index < -0.39 is 11.8 Å². The van der Waals surface area contributed by atoms with E-state index in [1.54, 1.807) is 36.4 Å². The van der Waals surface area contributed by atoms with Crippen LogP contribution in [0.3, 0.4) is 0 Å². The van der Waals surface area contributed by atoms with Gasteiger partial charge < -0.3 is 15.4 Å². The van der Waals surface area contributed by atoms with Crippen molar-refractivity contribution in [3.8, 4) is 0 Å². The molecule has 2 amide bonds. The van der Waals surface area contributed by atoms with Gasteiger partial charge in [0.2, 0.25) is 11.8 Å². The number of rotatable bonds is 5. The zero-order chi connectivity index (χ0) is 20.8. The minimum atomic E-state index is -0.433. The number of esters is 1. The van der Waals surface area contributed by atoms with Crippen molar-refractivity contribution >= 4 is 29.2 Å². The molecule has 6 nitrogen and oxygen atoms in total. The second kappa shape index (κ2) is 9.32. The molecule has 0 aromatic heterocycles. The lowest BCUT2D eigenvalue weighted by atomic mass is 9.81. The van der Waals surface area contributed by atoms with E-state index >= 15 is 0 Å². The quantitative estimate of drug-likeness (QED) is 0.746. The summed E-state index contributed by atoms with van der Waals surface area (Å²) in [4.78, 5) is 36.3. The van der Waals surface area contributed by atoms with Crippen molar-refractivity contribution < 1.29 is 23.5 Å². The van der Waals surface area contributed by atoms with E-state index in [4.69, 9.17) is 0 Å². The molecule has 0 bridgehead atoms. The van der Waals surface area contributed by atoms with Gasteiger partial charge in [-0.05, 0) is 68.1 Å². The lowest BCUT2D eigenvalue weighted by Gasteiger charge is -2.27. The van der Waals surface area contributed by atoms with Crippen LogP contribution in [-0.4, -0.2) is 24.9 Å². The second-order valence-electron chi connectivity index (χ2n) is 7.11. The molecule has 1 fully saturated rings. The smallest absolute Gasteiger partial charge is 0.337 e. The summed E-state index contributed by atoms with van der Waals surface area (Å²) in [5.41, 5.74) is 1.45. The molecule has 1 aliphatic rings. The van der Waals surface area contributed by atoms with E-state index in [0.29, 0.717) is 42.6 Å². The number of amides is 2. The van der Waals surface area contributed by atoms with Crippen LogP contribution in [0, 0.1) is 17.7 Å². The molecule has 0 spiro atoms. The highest BCUT2D eigenvalue weighted by atomic mass is 19.1. The Kier molecular flexibility index (Phi) is 6.59. The Morgan fingerprint density at radius 1 is 0.862 bits per heavy atom. The highest BCUT2D eigenvalue weighted by Gasteiger charge is 2.30. The molecule has 2 N–H and O–H groups in total. The maximum atomic E-state index is 13.2. The Morgan fingerprint density at radius 2 is 1.41 bits per heavy atom. The fraction of sp³-hybridized carbons (Fsp3) is 0.318. The first-order valence-corrected chi connectivity index (χ1v) is 9.52. The minimum Gasteiger partial charge on any atom is -0.465 e. The van der Waals surface area contributed by atoms with Crippen molar-refractivity contribution in [3.05, 3.63) is 59.9 Å². The summed E-state index contributed by atoms with van der Waals surface area (Å²) in [6.07, 6.45) is 2.40. The number of carbonyl (C=O) groups is 3. The lowest BCUT2D eigenvalue weighted by Crippen LogP contribution is -2.32. The minimum absolute atomic E-state index is 0.0974. The summed E-state index contributed by atoms with van der Waals surface area (Å²) < 4.78 is 17.9. The fourth-order valence-electron chi connectivity index (χ4n) is 3.48. The summed E-state index contributed by atoms with van der Waals surface area (Å²) >= 11 is 0. The molecule has 0 radical (unpaired) electrons. The molecule has 1 aliphatic carbocycles. The zero-order valence-electron chi connectivity index (χ0n) is 16.1. The normalized spacial score (nSPS) is 18.6. The molecule has 0 atom stereocenters. The first kappa shape index (κ1) is 20.5. The molecule has 1 saturated carbocycles. The third-order valence-corrected chi connectivity index (χ3v) is 5.13. The van der Waals surface area contributed by atoms with E-state index in [-0.39, 0.29) is 23.7 Å². The molecule has 7 heteroatoms. The number of ether oxygens (including phenoxy) is 1. The van der Waals surface area contributed by atoms with Gasteiger partial charge in [-0.25, -0.2) is 9.18 Å². The van der Waals surface area contributed by atoms with Crippen LogP contribution >= 0.6 is 0 Å². The Hall–Kier alpha value is -3.22. The number of nitrogens with one attached hydrogen (secondary N) is 2. The van der Waals surface area contributed by atoms with Crippen molar-refractivity contribution in [1.29, 1.82) is 0 Å². The Morgan fingerprint density at radius 3 is 1.93 bits per heavy atom. The Balaban J connectivity index is 1.49. The molecule has 0 unspecified atom stereocenters. The number of hydrogen-bond acceptors (Lipinski definition) is 4. The van der Waals surface area contributed by atoms with Gasteiger partial charge in [0.05, 0.1) is 12.7 Å². The van der Waals surface area contributed by atoms with E-state index in [1.807, 2.05) is 0 Å². The van der Waals surface area contributed by atoms with Crippen LogP contribution in [0.4, 0.5) is 15.8 Å². The van der Waals surface area contributed by atoms with Gasteiger partial charge in [0, 0.05) is 23.2 Å². The van der Waals surface area contributed by atoms with Crippen molar-refractivity contribution in [2.75, 3.05) is 17.7 Å². The average molecular weight is 398 g/mol. The van der Waals surface area contributed by atoms with Gasteiger partial charge in [0.25, 0.3) is 0 Å². The van der Waals surface area contributed by atoms with Crippen LogP contribution in [0.15, 0.2) is 48.5 Å². The number of halogens is 1. The Labute approximate surface area is 168 Å². The largest absolute Gasteiger partial charge is 0.465 e. The van der Waals surface area contributed by atoms with Crippen LogP contribution < -0.4 is 10.6 Å². The van der Waals surface area contributed by atoms with Crippen molar-refractivity contribution in [2.24, 2.45) is 11.8 Å².